The van der Waals surface area contributed by atoms with Gasteiger partial charge in [0.2, 0.25) is 0 Å². The zero-order valence-electron chi connectivity index (χ0n) is 56.8. The summed E-state index contributed by atoms with van der Waals surface area (Å²) in [5.41, 5.74) is 20.5. The SMILES string of the molecule is c1ccc(-c2ccc(-c3nc(-c4ccccc4)nc(-c4ccc(-c5ccc(-c6nc7cnccc7c7c6sc6ccccc67)cc5)cc4)n3)cc2)cc1.c1ccc(-c2ccc(-c3nc(-c4ccccc4)nc(-c4ccc(-c5ccc(-c6nc7ncccc7c7c6sc6ccccc67)cc5)cc4)n3)cc2)cc1. The number of rotatable bonds is 12. The zero-order valence-corrected chi connectivity index (χ0v) is 58.4. The van der Waals surface area contributed by atoms with Crippen LogP contribution in [-0.2, 0) is 0 Å². The molecule has 0 N–H and O–H groups in total. The van der Waals surface area contributed by atoms with Gasteiger partial charge in [-0.2, -0.15) is 0 Å². The number of pyridine rings is 4. The van der Waals surface area contributed by atoms with E-state index < -0.39 is 0 Å². The Labute approximate surface area is 618 Å². The van der Waals surface area contributed by atoms with E-state index in [0.717, 1.165) is 111 Å². The molecule has 12 aromatic carbocycles. The quantitative estimate of drug-likeness (QED) is 0.117. The number of nitrogens with zero attached hydrogens (tertiary/aromatic N) is 10. The molecule has 0 bridgehead atoms. The number of fused-ring (bicyclic) bond motifs is 10. The topological polar surface area (TPSA) is 129 Å². The van der Waals surface area contributed by atoms with Gasteiger partial charge in [-0.3, -0.25) is 4.98 Å². The van der Waals surface area contributed by atoms with Gasteiger partial charge in [-0.05, 0) is 74.8 Å². The highest BCUT2D eigenvalue weighted by Crippen LogP contribution is 2.45. The molecule has 0 amide bonds. The Balaban J connectivity index is 0.000000145. The molecule has 0 aliphatic rings. The Hall–Kier alpha value is -13.8. The van der Waals surface area contributed by atoms with Crippen molar-refractivity contribution in [2.75, 3.05) is 0 Å². The van der Waals surface area contributed by atoms with Crippen molar-refractivity contribution in [2.45, 2.75) is 0 Å². The van der Waals surface area contributed by atoms with Crippen LogP contribution >= 0.6 is 22.7 Å². The average Bonchev–Trinajstić information content (AvgIpc) is 1.59. The maximum absolute atomic E-state index is 5.12. The van der Waals surface area contributed by atoms with E-state index in [4.69, 9.17) is 39.9 Å². The molecule has 0 fully saturated rings. The minimum absolute atomic E-state index is 0.631. The Bertz CT molecular complexity index is 6220. The summed E-state index contributed by atoms with van der Waals surface area (Å²) in [6, 6.07) is 115. The third-order valence-electron chi connectivity index (χ3n) is 19.3. The first-order chi connectivity index (χ1) is 52.5. The Morgan fingerprint density at radius 2 is 0.481 bits per heavy atom. The van der Waals surface area contributed by atoms with Gasteiger partial charge < -0.3 is 0 Å². The molecule has 0 atom stereocenters. The van der Waals surface area contributed by atoms with Crippen molar-refractivity contribution in [3.8, 4) is 135 Å². The molecule has 0 unspecified atom stereocenters. The lowest BCUT2D eigenvalue weighted by Crippen LogP contribution is -2.00. The van der Waals surface area contributed by atoms with Gasteiger partial charge in [0.05, 0.1) is 32.5 Å². The lowest BCUT2D eigenvalue weighted by atomic mass is 10.00. The fourth-order valence-electron chi connectivity index (χ4n) is 13.9. The summed E-state index contributed by atoms with van der Waals surface area (Å²) in [4.78, 5) is 48.9. The molecular weight excluding hydrogens is 1330 g/mol. The van der Waals surface area contributed by atoms with Gasteiger partial charge in [-0.1, -0.05) is 303 Å². The second-order valence-corrected chi connectivity index (χ2v) is 27.9. The zero-order chi connectivity index (χ0) is 70.3. The van der Waals surface area contributed by atoms with Crippen molar-refractivity contribution >= 4 is 85.0 Å². The van der Waals surface area contributed by atoms with Crippen molar-refractivity contribution in [3.63, 3.8) is 0 Å². The molecular formula is C94H58N10S2. The van der Waals surface area contributed by atoms with Gasteiger partial charge in [-0.15, -0.1) is 22.7 Å². The third-order valence-corrected chi connectivity index (χ3v) is 21.7. The van der Waals surface area contributed by atoms with Gasteiger partial charge in [0.15, 0.2) is 40.6 Å². The second-order valence-electron chi connectivity index (χ2n) is 25.8. The predicted octanol–water partition coefficient (Wildman–Crippen LogP) is 24.4. The summed E-state index contributed by atoms with van der Waals surface area (Å²) in [7, 11) is 0. The minimum Gasteiger partial charge on any atom is -0.262 e. The van der Waals surface area contributed by atoms with E-state index in [-0.39, 0.29) is 0 Å². The summed E-state index contributed by atoms with van der Waals surface area (Å²) < 4.78 is 4.89. The Morgan fingerprint density at radius 1 is 0.198 bits per heavy atom. The molecule has 8 aromatic heterocycles. The lowest BCUT2D eigenvalue weighted by molar-refractivity contribution is 1.07. The normalized spacial score (nSPS) is 11.4. The summed E-state index contributed by atoms with van der Waals surface area (Å²) >= 11 is 3.59. The monoisotopic (exact) mass is 1390 g/mol. The van der Waals surface area contributed by atoms with Crippen LogP contribution in [0.1, 0.15) is 0 Å². The van der Waals surface area contributed by atoms with Crippen LogP contribution in [0.5, 0.6) is 0 Å². The van der Waals surface area contributed by atoms with Crippen LogP contribution in [0.2, 0.25) is 0 Å². The second kappa shape index (κ2) is 27.5. The van der Waals surface area contributed by atoms with Crippen LogP contribution in [0.4, 0.5) is 0 Å². The van der Waals surface area contributed by atoms with Gasteiger partial charge in [0.1, 0.15) is 0 Å². The van der Waals surface area contributed by atoms with Crippen LogP contribution in [0, 0.1) is 0 Å². The number of benzene rings is 12. The van der Waals surface area contributed by atoms with Gasteiger partial charge in [0, 0.05) is 98.6 Å². The van der Waals surface area contributed by atoms with E-state index in [2.05, 4.69) is 265 Å². The molecule has 0 spiro atoms. The number of thiophene rings is 2. The first-order valence-electron chi connectivity index (χ1n) is 35.0. The smallest absolute Gasteiger partial charge is 0.164 e. The molecule has 496 valence electrons. The standard InChI is InChI=1S/2C47H29N5S/c1-3-10-30(11-4-1)31-19-25-36(26-20-31)45-50-44(35-12-5-2-6-13-35)51-46(52-45)37-27-21-33(22-28-37)32-17-23-34(24-18-32)42-43-41(38-14-7-8-16-40(38)53-43)39-15-9-29-48-47(39)49-42;1-3-9-30(10-4-1)31-17-23-36(24-18-31)46-50-45(35-11-5-2-6-12-35)51-47(52-46)37-25-19-33(20-26-37)32-15-21-34(22-16-32)43-44-42(38-27-28-48-29-40(38)49-43)39-13-7-8-14-41(39)53-44/h2*1-29H. The highest BCUT2D eigenvalue weighted by atomic mass is 32.1. The van der Waals surface area contributed by atoms with Gasteiger partial charge in [-0.25, -0.2) is 44.9 Å². The molecule has 0 aliphatic carbocycles. The molecule has 106 heavy (non-hydrogen) atoms. The Kier molecular flexibility index (Phi) is 16.4. The van der Waals surface area contributed by atoms with Crippen molar-refractivity contribution in [2.24, 2.45) is 0 Å². The van der Waals surface area contributed by atoms with Gasteiger partial charge >= 0.3 is 0 Å². The number of hydrogen-bond acceptors (Lipinski definition) is 12. The molecule has 0 aliphatic heterocycles. The van der Waals surface area contributed by atoms with Crippen LogP contribution in [-0.4, -0.2) is 49.8 Å². The first kappa shape index (κ1) is 63.2. The van der Waals surface area contributed by atoms with Crippen LogP contribution in [0.25, 0.3) is 198 Å². The van der Waals surface area contributed by atoms with Crippen molar-refractivity contribution in [1.29, 1.82) is 0 Å². The maximum atomic E-state index is 5.12. The molecule has 8 heterocycles. The predicted molar refractivity (Wildman–Crippen MR) is 437 cm³/mol. The maximum Gasteiger partial charge on any atom is 0.164 e. The minimum atomic E-state index is 0.631. The molecule has 0 radical (unpaired) electrons. The van der Waals surface area contributed by atoms with E-state index in [1.807, 2.05) is 97.5 Å². The molecule has 0 saturated carbocycles. The molecule has 10 nitrogen and oxygen atoms in total. The number of hydrogen-bond donors (Lipinski definition) is 0. The summed E-state index contributed by atoms with van der Waals surface area (Å²) in [5.74, 6) is 3.82. The van der Waals surface area contributed by atoms with E-state index in [9.17, 15) is 0 Å². The van der Waals surface area contributed by atoms with Crippen molar-refractivity contribution < 1.29 is 0 Å². The molecule has 0 saturated heterocycles. The highest BCUT2D eigenvalue weighted by Gasteiger charge is 2.21. The van der Waals surface area contributed by atoms with Crippen molar-refractivity contribution in [3.05, 3.63) is 352 Å². The largest absolute Gasteiger partial charge is 0.262 e. The van der Waals surface area contributed by atoms with Crippen LogP contribution in [0.3, 0.4) is 0 Å². The lowest BCUT2D eigenvalue weighted by Gasteiger charge is -2.10. The van der Waals surface area contributed by atoms with Crippen LogP contribution < -0.4 is 0 Å². The first-order valence-corrected chi connectivity index (χ1v) is 36.6. The average molecular weight is 1390 g/mol. The van der Waals surface area contributed by atoms with Crippen molar-refractivity contribution in [1.82, 2.24) is 49.8 Å². The number of aromatic nitrogens is 10. The van der Waals surface area contributed by atoms with E-state index >= 15 is 0 Å². The third kappa shape index (κ3) is 12.2. The fourth-order valence-corrected chi connectivity index (χ4v) is 16.4. The van der Waals surface area contributed by atoms with Gasteiger partial charge in [0.25, 0.3) is 0 Å². The van der Waals surface area contributed by atoms with E-state index in [1.54, 1.807) is 22.7 Å². The Morgan fingerprint density at radius 3 is 0.858 bits per heavy atom. The summed E-state index contributed by atoms with van der Waals surface area (Å²) in [6.45, 7) is 0. The van der Waals surface area contributed by atoms with Crippen LogP contribution in [0.15, 0.2) is 352 Å². The molecule has 20 rings (SSSR count). The fraction of sp³-hybridized carbons (Fsp3) is 0. The summed E-state index contributed by atoms with van der Waals surface area (Å²) in [6.07, 6.45) is 5.53. The highest BCUT2D eigenvalue weighted by molar-refractivity contribution is 7.27. The summed E-state index contributed by atoms with van der Waals surface area (Å²) in [5, 5.41) is 7.19. The van der Waals surface area contributed by atoms with E-state index in [0.29, 0.717) is 34.9 Å². The molecule has 20 aromatic rings. The van der Waals surface area contributed by atoms with E-state index in [1.165, 1.54) is 51.5 Å². The molecule has 12 heteroatoms.